The number of carbonyl (C=O) groups is 1. The van der Waals surface area contributed by atoms with Crippen molar-refractivity contribution in [3.05, 3.63) is 66.4 Å². The van der Waals surface area contributed by atoms with E-state index >= 15 is 0 Å². The molecule has 0 radical (unpaired) electrons. The highest BCUT2D eigenvalue weighted by molar-refractivity contribution is 5.90. The summed E-state index contributed by atoms with van der Waals surface area (Å²) >= 11 is 0. The lowest BCUT2D eigenvalue weighted by Gasteiger charge is -2.12. The number of hydrogen-bond donors (Lipinski definition) is 2. The molecule has 0 aromatic heterocycles. The van der Waals surface area contributed by atoms with E-state index in [4.69, 9.17) is 0 Å². The second kappa shape index (κ2) is 13.0. The van der Waals surface area contributed by atoms with E-state index in [1.807, 2.05) is 44.6 Å². The van der Waals surface area contributed by atoms with E-state index in [1.54, 1.807) is 0 Å². The highest BCUT2D eigenvalue weighted by Crippen LogP contribution is 2.15. The molecule has 1 rings (SSSR count). The summed E-state index contributed by atoms with van der Waals surface area (Å²) in [5.74, 6) is 0.0427. The van der Waals surface area contributed by atoms with Crippen molar-refractivity contribution in [2.24, 2.45) is 0 Å². The minimum Gasteiger partial charge on any atom is -0.387 e. The fraction of sp³-hybridized carbons (Fsp3) is 0.409. The molecule has 0 saturated heterocycles. The molecule has 0 aliphatic carbocycles. The third-order valence-electron chi connectivity index (χ3n) is 3.73. The van der Waals surface area contributed by atoms with Gasteiger partial charge in [0.05, 0.1) is 0 Å². The number of nitrogens with one attached hydrogen (secondary N) is 2. The van der Waals surface area contributed by atoms with Gasteiger partial charge in [0.15, 0.2) is 0 Å². The first kappa shape index (κ1) is 21.7. The van der Waals surface area contributed by atoms with Gasteiger partial charge < -0.3 is 15.5 Å². The number of rotatable bonds is 12. The van der Waals surface area contributed by atoms with E-state index in [0.29, 0.717) is 6.42 Å². The maximum Gasteiger partial charge on any atom is 0.224 e. The summed E-state index contributed by atoms with van der Waals surface area (Å²) in [4.78, 5) is 14.4. The number of amides is 1. The average Bonchev–Trinajstić information content (AvgIpc) is 2.59. The summed E-state index contributed by atoms with van der Waals surface area (Å²) in [7, 11) is 4.07. The van der Waals surface area contributed by atoms with Gasteiger partial charge in [-0.1, -0.05) is 42.9 Å². The van der Waals surface area contributed by atoms with Gasteiger partial charge >= 0.3 is 0 Å². The molecule has 26 heavy (non-hydrogen) atoms. The fourth-order valence-corrected chi connectivity index (χ4v) is 2.53. The molecule has 0 bridgehead atoms. The standard InChI is InChI=1S/C22H33N3O/c1-5-7-8-10-19(17-23-15-6-2)13-14-22(26)24-21-12-9-11-20(16-21)18-25(3)4/h6-9,11-12,16-17,23H,2,5,10,13-15,18H2,1,3-4H3,(H,24,26)/b8-7-,19-17+. The molecule has 0 heterocycles. The van der Waals surface area contributed by atoms with Gasteiger partial charge in [0.25, 0.3) is 0 Å². The second-order valence-corrected chi connectivity index (χ2v) is 6.57. The van der Waals surface area contributed by atoms with Gasteiger partial charge in [-0.2, -0.15) is 0 Å². The van der Waals surface area contributed by atoms with Crippen LogP contribution in [0.25, 0.3) is 0 Å². The van der Waals surface area contributed by atoms with Crippen molar-refractivity contribution >= 4 is 11.6 Å². The van der Waals surface area contributed by atoms with Gasteiger partial charge in [-0.05, 0) is 57.3 Å². The minimum absolute atomic E-state index is 0.0427. The van der Waals surface area contributed by atoms with Crippen LogP contribution in [-0.2, 0) is 11.3 Å². The molecular weight excluding hydrogens is 322 g/mol. The van der Waals surface area contributed by atoms with Gasteiger partial charge in [-0.3, -0.25) is 4.79 Å². The van der Waals surface area contributed by atoms with Gasteiger partial charge in [0.1, 0.15) is 0 Å². The Balaban J connectivity index is 2.57. The normalized spacial score (nSPS) is 11.8. The molecule has 0 saturated carbocycles. The molecule has 4 heteroatoms. The fourth-order valence-electron chi connectivity index (χ4n) is 2.53. The predicted octanol–water partition coefficient (Wildman–Crippen LogP) is 4.48. The topological polar surface area (TPSA) is 44.4 Å². The van der Waals surface area contributed by atoms with Crippen LogP contribution in [0.4, 0.5) is 5.69 Å². The zero-order valence-electron chi connectivity index (χ0n) is 16.4. The molecule has 0 fully saturated rings. The van der Waals surface area contributed by atoms with Crippen LogP contribution in [0.3, 0.4) is 0 Å². The molecule has 0 aliphatic heterocycles. The lowest BCUT2D eigenvalue weighted by Crippen LogP contribution is -2.14. The highest BCUT2D eigenvalue weighted by atomic mass is 16.1. The second-order valence-electron chi connectivity index (χ2n) is 6.57. The highest BCUT2D eigenvalue weighted by Gasteiger charge is 2.05. The zero-order chi connectivity index (χ0) is 19.2. The number of hydrogen-bond acceptors (Lipinski definition) is 3. The van der Waals surface area contributed by atoms with E-state index in [9.17, 15) is 4.79 Å². The Morgan fingerprint density at radius 2 is 2.04 bits per heavy atom. The smallest absolute Gasteiger partial charge is 0.224 e. The number of benzene rings is 1. The van der Waals surface area contributed by atoms with Crippen LogP contribution in [0.5, 0.6) is 0 Å². The molecular formula is C22H33N3O. The van der Waals surface area contributed by atoms with Crippen LogP contribution in [0.1, 0.15) is 38.2 Å². The van der Waals surface area contributed by atoms with Crippen molar-refractivity contribution in [1.29, 1.82) is 0 Å². The van der Waals surface area contributed by atoms with Crippen LogP contribution in [0, 0.1) is 0 Å². The van der Waals surface area contributed by atoms with E-state index < -0.39 is 0 Å². The van der Waals surface area contributed by atoms with Crippen LogP contribution < -0.4 is 10.6 Å². The minimum atomic E-state index is 0.0427. The maximum absolute atomic E-state index is 12.3. The Bertz CT molecular complexity index is 618. The summed E-state index contributed by atoms with van der Waals surface area (Å²) in [6, 6.07) is 8.02. The summed E-state index contributed by atoms with van der Waals surface area (Å²) in [5, 5.41) is 6.22. The first-order valence-corrected chi connectivity index (χ1v) is 9.25. The van der Waals surface area contributed by atoms with Gasteiger partial charge in [-0.15, -0.1) is 6.58 Å². The third kappa shape index (κ3) is 9.84. The Kier molecular flexibility index (Phi) is 10.8. The van der Waals surface area contributed by atoms with Crippen molar-refractivity contribution in [3.8, 4) is 0 Å². The van der Waals surface area contributed by atoms with Crippen LogP contribution >= 0.6 is 0 Å². The van der Waals surface area contributed by atoms with E-state index in [1.165, 1.54) is 11.1 Å². The Morgan fingerprint density at radius 3 is 2.73 bits per heavy atom. The molecule has 1 aromatic carbocycles. The van der Waals surface area contributed by atoms with Gasteiger partial charge in [0, 0.05) is 25.2 Å². The molecule has 0 aliphatic rings. The molecule has 0 atom stereocenters. The summed E-state index contributed by atoms with van der Waals surface area (Å²) in [6.45, 7) is 7.41. The molecule has 2 N–H and O–H groups in total. The lowest BCUT2D eigenvalue weighted by atomic mass is 10.1. The van der Waals surface area contributed by atoms with E-state index in [2.05, 4.69) is 47.3 Å². The van der Waals surface area contributed by atoms with Crippen LogP contribution in [0.15, 0.2) is 60.8 Å². The van der Waals surface area contributed by atoms with Crippen molar-refractivity contribution in [3.63, 3.8) is 0 Å². The Labute approximate surface area is 158 Å². The number of anilines is 1. The number of allylic oxidation sites excluding steroid dienone is 3. The van der Waals surface area contributed by atoms with Crippen LogP contribution in [-0.4, -0.2) is 31.4 Å². The van der Waals surface area contributed by atoms with Crippen molar-refractivity contribution in [2.45, 2.75) is 39.2 Å². The first-order valence-electron chi connectivity index (χ1n) is 9.25. The monoisotopic (exact) mass is 355 g/mol. The third-order valence-corrected chi connectivity index (χ3v) is 3.73. The summed E-state index contributed by atoms with van der Waals surface area (Å²) < 4.78 is 0. The van der Waals surface area contributed by atoms with Gasteiger partial charge in [-0.25, -0.2) is 0 Å². The Hall–Kier alpha value is -2.33. The maximum atomic E-state index is 12.3. The summed E-state index contributed by atoms with van der Waals surface area (Å²) in [6.07, 6.45) is 11.2. The predicted molar refractivity (Wildman–Crippen MR) is 112 cm³/mol. The number of carbonyl (C=O) groups excluding carboxylic acids is 1. The van der Waals surface area contributed by atoms with Crippen molar-refractivity contribution < 1.29 is 4.79 Å². The average molecular weight is 356 g/mol. The van der Waals surface area contributed by atoms with Crippen LogP contribution in [0.2, 0.25) is 0 Å². The molecule has 0 unspecified atom stereocenters. The van der Waals surface area contributed by atoms with Crippen molar-refractivity contribution in [1.82, 2.24) is 10.2 Å². The molecule has 1 aromatic rings. The van der Waals surface area contributed by atoms with Crippen molar-refractivity contribution in [2.75, 3.05) is 26.0 Å². The Morgan fingerprint density at radius 1 is 1.23 bits per heavy atom. The lowest BCUT2D eigenvalue weighted by molar-refractivity contribution is -0.116. The van der Waals surface area contributed by atoms with E-state index in [-0.39, 0.29) is 5.91 Å². The number of nitrogens with zero attached hydrogens (tertiary/aromatic N) is 1. The molecule has 0 spiro atoms. The summed E-state index contributed by atoms with van der Waals surface area (Å²) in [5.41, 5.74) is 3.26. The van der Waals surface area contributed by atoms with E-state index in [0.717, 1.165) is 38.0 Å². The quantitative estimate of drug-likeness (QED) is 0.429. The van der Waals surface area contributed by atoms with Gasteiger partial charge in [0.2, 0.25) is 5.91 Å². The SMILES string of the molecule is C=CCN/C=C(\C/C=C\CC)CCC(=O)Nc1cccc(CN(C)C)c1. The molecule has 1 amide bonds. The largest absolute Gasteiger partial charge is 0.387 e. The molecule has 4 nitrogen and oxygen atoms in total. The first-order chi connectivity index (χ1) is 12.5. The zero-order valence-corrected chi connectivity index (χ0v) is 16.4. The molecule has 142 valence electrons.